The molecule has 0 unspecified atom stereocenters. The molecule has 1 aromatic heterocycles. The van der Waals surface area contributed by atoms with Crippen LogP contribution in [0.2, 0.25) is 0 Å². The second kappa shape index (κ2) is 9.04. The van der Waals surface area contributed by atoms with Crippen LogP contribution in [-0.4, -0.2) is 34.1 Å². The number of para-hydroxylation sites is 2. The van der Waals surface area contributed by atoms with Crippen LogP contribution in [0.25, 0.3) is 11.0 Å². The van der Waals surface area contributed by atoms with E-state index < -0.39 is 5.60 Å². The van der Waals surface area contributed by atoms with Crippen molar-refractivity contribution in [2.24, 2.45) is 0 Å². The van der Waals surface area contributed by atoms with E-state index in [1.807, 2.05) is 34.9 Å². The van der Waals surface area contributed by atoms with E-state index in [1.54, 1.807) is 24.3 Å². The van der Waals surface area contributed by atoms with Crippen molar-refractivity contribution >= 4 is 11.0 Å². The fraction of sp³-hybridized carbons (Fsp3) is 0.250. The third kappa shape index (κ3) is 4.02. The van der Waals surface area contributed by atoms with Crippen LogP contribution in [0.15, 0.2) is 89.4 Å². The first kappa shape index (κ1) is 22.7. The molecule has 0 aliphatic carbocycles. The van der Waals surface area contributed by atoms with E-state index in [0.717, 1.165) is 53.8 Å². The Hall–Kier alpha value is -3.75. The van der Waals surface area contributed by atoms with E-state index >= 15 is 0 Å². The lowest BCUT2D eigenvalue weighted by molar-refractivity contribution is -0.0186. The summed E-state index contributed by atoms with van der Waals surface area (Å²) in [4.78, 5) is 24.0. The number of likely N-dealkylation sites (tertiary alicyclic amines) is 1. The van der Waals surface area contributed by atoms with Gasteiger partial charge in [0.2, 0.25) is 0 Å². The lowest BCUT2D eigenvalue weighted by Crippen LogP contribution is -2.38. The zero-order valence-electron chi connectivity index (χ0n) is 19.6. The summed E-state index contributed by atoms with van der Waals surface area (Å²) in [7, 11) is 0. The van der Waals surface area contributed by atoms with Gasteiger partial charge < -0.3 is 4.98 Å². The third-order valence-electron chi connectivity index (χ3n) is 7.21. The molecule has 0 radical (unpaired) electrons. The maximum absolute atomic E-state index is 13.6. The maximum Gasteiger partial charge on any atom is 0.326 e. The van der Waals surface area contributed by atoms with Crippen molar-refractivity contribution in [3.8, 4) is 0 Å². The number of piperidine rings is 1. The molecular formula is C28H26F2N4O2. The van der Waals surface area contributed by atoms with Gasteiger partial charge in [0, 0.05) is 25.7 Å². The van der Waals surface area contributed by atoms with Crippen molar-refractivity contribution in [2.75, 3.05) is 19.6 Å². The largest absolute Gasteiger partial charge is 0.326 e. The number of aromatic nitrogens is 2. The molecule has 0 amide bonds. The molecule has 4 aromatic rings. The monoisotopic (exact) mass is 488 g/mol. The number of hydrogen-bond donors (Lipinski definition) is 2. The van der Waals surface area contributed by atoms with Crippen molar-refractivity contribution < 1.29 is 13.6 Å². The number of benzene rings is 3. The molecule has 0 spiro atoms. The number of imidazole rings is 1. The summed E-state index contributed by atoms with van der Waals surface area (Å²) in [5.41, 5.74) is 6.18. The number of hydrogen-bond acceptors (Lipinski definition) is 4. The number of rotatable bonds is 5. The van der Waals surface area contributed by atoms with E-state index in [0.29, 0.717) is 6.54 Å². The lowest BCUT2D eigenvalue weighted by Gasteiger charge is -2.32. The molecule has 6 nitrogen and oxygen atoms in total. The Balaban J connectivity index is 1.21. The van der Waals surface area contributed by atoms with Crippen LogP contribution in [0, 0.1) is 11.6 Å². The van der Waals surface area contributed by atoms with Crippen molar-refractivity contribution in [2.45, 2.75) is 24.5 Å². The molecule has 2 aliphatic heterocycles. The summed E-state index contributed by atoms with van der Waals surface area (Å²) in [5, 5.41) is 0. The molecule has 6 rings (SSSR count). The van der Waals surface area contributed by atoms with Crippen LogP contribution in [0.1, 0.15) is 30.0 Å². The number of nitrogens with zero attached hydrogens (tertiary/aromatic N) is 2. The van der Waals surface area contributed by atoms with Crippen molar-refractivity contribution in [1.29, 1.82) is 0 Å². The van der Waals surface area contributed by atoms with E-state index in [1.165, 1.54) is 24.3 Å². The third-order valence-corrected chi connectivity index (χ3v) is 7.21. The fourth-order valence-electron chi connectivity index (χ4n) is 5.39. The van der Waals surface area contributed by atoms with E-state index in [-0.39, 0.29) is 23.4 Å². The van der Waals surface area contributed by atoms with Gasteiger partial charge in [-0.3, -0.25) is 19.8 Å². The van der Waals surface area contributed by atoms with Gasteiger partial charge in [0.05, 0.1) is 16.7 Å². The number of aromatic amines is 1. The first-order valence-corrected chi connectivity index (χ1v) is 12.1. The molecule has 2 aliphatic rings. The van der Waals surface area contributed by atoms with Crippen LogP contribution in [0.5, 0.6) is 0 Å². The minimum Gasteiger partial charge on any atom is -0.306 e. The number of H-pyrrole nitrogens is 1. The SMILES string of the molecule is O=c1[nH]c2ccccc2n1C1CCN(CC2=CC(c3ccc(F)cc3)(c3ccc(F)cc3)ON2)CC1. The number of hydroxylamine groups is 1. The summed E-state index contributed by atoms with van der Waals surface area (Å²) in [6, 6.07) is 20.2. The number of fused-ring (bicyclic) bond motifs is 1. The molecule has 2 N–H and O–H groups in total. The minimum absolute atomic E-state index is 0.0633. The molecular weight excluding hydrogens is 462 g/mol. The average molecular weight is 489 g/mol. The number of halogens is 2. The van der Waals surface area contributed by atoms with Crippen molar-refractivity contribution in [1.82, 2.24) is 19.9 Å². The second-order valence-corrected chi connectivity index (χ2v) is 9.45. The minimum atomic E-state index is -0.994. The molecule has 184 valence electrons. The first-order chi connectivity index (χ1) is 17.5. The van der Waals surface area contributed by atoms with Gasteiger partial charge in [0.15, 0.2) is 5.60 Å². The summed E-state index contributed by atoms with van der Waals surface area (Å²) in [5.74, 6) is -0.666. The Morgan fingerprint density at radius 3 is 2.14 bits per heavy atom. The van der Waals surface area contributed by atoms with Gasteiger partial charge in [-0.1, -0.05) is 36.4 Å². The zero-order valence-corrected chi connectivity index (χ0v) is 19.6. The van der Waals surface area contributed by atoms with E-state index in [4.69, 9.17) is 4.84 Å². The van der Waals surface area contributed by atoms with E-state index in [2.05, 4.69) is 15.4 Å². The Kier molecular flexibility index (Phi) is 5.70. The van der Waals surface area contributed by atoms with Gasteiger partial charge in [-0.2, -0.15) is 0 Å². The molecule has 1 fully saturated rings. The standard InChI is InChI=1S/C28H26F2N4O2/c29-21-9-5-19(6-10-21)28(20-7-11-22(30)12-8-20)17-23(32-36-28)18-33-15-13-24(14-16-33)34-26-4-2-1-3-25(26)31-27(34)35/h1-12,17,24,32H,13-16,18H2,(H,31,35). The van der Waals surface area contributed by atoms with Crippen molar-refractivity contribution in [3.63, 3.8) is 0 Å². The van der Waals surface area contributed by atoms with Crippen LogP contribution in [-0.2, 0) is 10.4 Å². The highest BCUT2D eigenvalue weighted by molar-refractivity contribution is 5.75. The summed E-state index contributed by atoms with van der Waals surface area (Å²) >= 11 is 0. The summed E-state index contributed by atoms with van der Waals surface area (Å²) < 4.78 is 29.2. The van der Waals surface area contributed by atoms with Gasteiger partial charge in [-0.25, -0.2) is 13.6 Å². The second-order valence-electron chi connectivity index (χ2n) is 9.45. The number of nitrogens with one attached hydrogen (secondary N) is 2. The Morgan fingerprint density at radius 2 is 1.50 bits per heavy atom. The van der Waals surface area contributed by atoms with Gasteiger partial charge in [-0.15, -0.1) is 0 Å². The van der Waals surface area contributed by atoms with E-state index in [9.17, 15) is 13.6 Å². The van der Waals surface area contributed by atoms with Crippen LogP contribution in [0.4, 0.5) is 8.78 Å². The Labute approximate surface area is 206 Å². The Morgan fingerprint density at radius 1 is 0.889 bits per heavy atom. The normalized spacial score (nSPS) is 18.3. The van der Waals surface area contributed by atoms with Crippen LogP contribution in [0.3, 0.4) is 0 Å². The smallest absolute Gasteiger partial charge is 0.306 e. The zero-order chi connectivity index (χ0) is 24.7. The topological polar surface area (TPSA) is 62.3 Å². The predicted molar refractivity (Wildman–Crippen MR) is 133 cm³/mol. The molecule has 3 aromatic carbocycles. The molecule has 0 bridgehead atoms. The highest BCUT2D eigenvalue weighted by Gasteiger charge is 2.39. The molecule has 0 saturated carbocycles. The van der Waals surface area contributed by atoms with Crippen LogP contribution < -0.4 is 11.2 Å². The predicted octanol–water partition coefficient (Wildman–Crippen LogP) is 4.61. The molecule has 1 saturated heterocycles. The Bertz CT molecular complexity index is 1420. The molecule has 8 heteroatoms. The maximum atomic E-state index is 13.6. The lowest BCUT2D eigenvalue weighted by atomic mass is 9.86. The van der Waals surface area contributed by atoms with Gasteiger partial charge in [0.25, 0.3) is 0 Å². The quantitative estimate of drug-likeness (QED) is 0.431. The first-order valence-electron chi connectivity index (χ1n) is 12.1. The van der Waals surface area contributed by atoms with Gasteiger partial charge >= 0.3 is 5.69 Å². The molecule has 0 atom stereocenters. The highest BCUT2D eigenvalue weighted by Crippen LogP contribution is 2.39. The van der Waals surface area contributed by atoms with Gasteiger partial charge in [0.1, 0.15) is 11.6 Å². The summed E-state index contributed by atoms with van der Waals surface area (Å²) in [6.07, 6.45) is 3.71. The van der Waals surface area contributed by atoms with Crippen LogP contribution >= 0.6 is 0 Å². The summed E-state index contributed by atoms with van der Waals surface area (Å²) in [6.45, 7) is 2.30. The average Bonchev–Trinajstić information content (AvgIpc) is 3.46. The fourth-order valence-corrected chi connectivity index (χ4v) is 5.39. The van der Waals surface area contributed by atoms with Crippen molar-refractivity contribution in [3.05, 3.63) is 118 Å². The molecule has 36 heavy (non-hydrogen) atoms. The van der Waals surface area contributed by atoms with Gasteiger partial charge in [-0.05, 0) is 66.4 Å². The molecule has 3 heterocycles. The highest BCUT2D eigenvalue weighted by atomic mass is 19.1.